The molecule has 1 aliphatic rings. The van der Waals surface area contributed by atoms with E-state index >= 15 is 0 Å². The van der Waals surface area contributed by atoms with Gasteiger partial charge in [0, 0.05) is 5.75 Å². The Bertz CT molecular complexity index is 716. The molecule has 0 fully saturated rings. The first kappa shape index (κ1) is 16.1. The molecule has 2 aromatic rings. The number of carbonyl (C=O) groups excluding carboxylic acids is 1. The van der Waals surface area contributed by atoms with E-state index in [1.807, 2.05) is 55.5 Å². The van der Waals surface area contributed by atoms with E-state index in [0.29, 0.717) is 5.75 Å². The van der Waals surface area contributed by atoms with Crippen LogP contribution in [-0.2, 0) is 10.5 Å². The molecule has 3 nitrogen and oxygen atoms in total. The topological polar surface area (TPSA) is 41.5 Å². The van der Waals surface area contributed by atoms with Gasteiger partial charge in [0.2, 0.25) is 5.91 Å². The Morgan fingerprint density at radius 1 is 1.22 bits per heavy atom. The van der Waals surface area contributed by atoms with Gasteiger partial charge in [-0.2, -0.15) is 0 Å². The van der Waals surface area contributed by atoms with Gasteiger partial charge in [0.05, 0.1) is 17.5 Å². The van der Waals surface area contributed by atoms with Crippen molar-refractivity contribution in [1.29, 1.82) is 0 Å². The van der Waals surface area contributed by atoms with Crippen molar-refractivity contribution in [3.05, 3.63) is 65.7 Å². The standard InChI is InChI=1S/C18H18N2OS2/c1-13(14-7-3-2-4-8-14)19-17(21)12-23-18-20-16-10-6-5-9-15(16)11-22-18/h2-10,13H,11-12H2,1H3,(H,19,21)/t13-/m0/s1. The fourth-order valence-electron chi connectivity index (χ4n) is 2.32. The number of nitrogens with one attached hydrogen (secondary N) is 1. The summed E-state index contributed by atoms with van der Waals surface area (Å²) in [6.07, 6.45) is 0. The highest BCUT2D eigenvalue weighted by Crippen LogP contribution is 2.34. The van der Waals surface area contributed by atoms with Crippen LogP contribution in [0, 0.1) is 0 Å². The third-order valence-electron chi connectivity index (χ3n) is 3.56. The smallest absolute Gasteiger partial charge is 0.230 e. The molecule has 23 heavy (non-hydrogen) atoms. The van der Waals surface area contributed by atoms with Gasteiger partial charge in [-0.3, -0.25) is 4.79 Å². The minimum Gasteiger partial charge on any atom is -0.349 e. The lowest BCUT2D eigenvalue weighted by Gasteiger charge is -2.16. The predicted octanol–water partition coefficient (Wildman–Crippen LogP) is 4.53. The molecule has 0 aliphatic carbocycles. The summed E-state index contributed by atoms with van der Waals surface area (Å²) in [5.74, 6) is 1.35. The van der Waals surface area contributed by atoms with Crippen molar-refractivity contribution in [2.45, 2.75) is 18.7 Å². The highest BCUT2D eigenvalue weighted by atomic mass is 32.2. The summed E-state index contributed by atoms with van der Waals surface area (Å²) < 4.78 is 0.964. The maximum atomic E-state index is 12.1. The molecule has 0 saturated heterocycles. The van der Waals surface area contributed by atoms with E-state index in [1.165, 1.54) is 17.3 Å². The van der Waals surface area contributed by atoms with Crippen molar-refractivity contribution >= 4 is 39.5 Å². The molecule has 1 atom stereocenters. The van der Waals surface area contributed by atoms with Crippen molar-refractivity contribution in [2.75, 3.05) is 5.75 Å². The third kappa shape index (κ3) is 4.39. The largest absolute Gasteiger partial charge is 0.349 e. The van der Waals surface area contributed by atoms with Gasteiger partial charge in [0.15, 0.2) is 0 Å². The normalized spacial score (nSPS) is 14.6. The molecule has 0 aromatic heterocycles. The Balaban J connectivity index is 1.53. The molecule has 0 radical (unpaired) electrons. The van der Waals surface area contributed by atoms with Gasteiger partial charge >= 0.3 is 0 Å². The van der Waals surface area contributed by atoms with E-state index in [0.717, 1.165) is 21.4 Å². The summed E-state index contributed by atoms with van der Waals surface area (Å²) in [5.41, 5.74) is 3.39. The van der Waals surface area contributed by atoms with Crippen LogP contribution in [0.4, 0.5) is 5.69 Å². The van der Waals surface area contributed by atoms with Crippen LogP contribution in [0.3, 0.4) is 0 Å². The van der Waals surface area contributed by atoms with Crippen LogP contribution in [0.2, 0.25) is 0 Å². The highest BCUT2D eigenvalue weighted by Gasteiger charge is 2.15. The van der Waals surface area contributed by atoms with Gasteiger partial charge in [-0.25, -0.2) is 4.99 Å². The quantitative estimate of drug-likeness (QED) is 0.887. The Morgan fingerprint density at radius 3 is 2.78 bits per heavy atom. The molecule has 3 rings (SSSR count). The summed E-state index contributed by atoms with van der Waals surface area (Å²) >= 11 is 3.20. The maximum Gasteiger partial charge on any atom is 0.230 e. The lowest BCUT2D eigenvalue weighted by atomic mass is 10.1. The number of thioether (sulfide) groups is 2. The second kappa shape index (κ2) is 7.70. The first-order chi connectivity index (χ1) is 11.2. The molecule has 1 N–H and O–H groups in total. The molecule has 118 valence electrons. The number of para-hydroxylation sites is 1. The number of hydrogen-bond donors (Lipinski definition) is 1. The summed E-state index contributed by atoms with van der Waals surface area (Å²) in [4.78, 5) is 16.7. The SMILES string of the molecule is C[C@H](NC(=O)CSC1=Nc2ccccc2CS1)c1ccccc1. The lowest BCUT2D eigenvalue weighted by Crippen LogP contribution is -2.28. The molecule has 0 unspecified atom stereocenters. The van der Waals surface area contributed by atoms with Gasteiger partial charge in [-0.15, -0.1) is 0 Å². The zero-order valence-electron chi connectivity index (χ0n) is 12.9. The molecule has 1 heterocycles. The van der Waals surface area contributed by atoms with Crippen LogP contribution < -0.4 is 5.32 Å². The average Bonchev–Trinajstić information content (AvgIpc) is 2.60. The zero-order chi connectivity index (χ0) is 16.1. The minimum absolute atomic E-state index is 0.0194. The van der Waals surface area contributed by atoms with Gasteiger partial charge in [0.25, 0.3) is 0 Å². The number of rotatable bonds is 4. The van der Waals surface area contributed by atoms with Crippen molar-refractivity contribution < 1.29 is 4.79 Å². The molecule has 0 spiro atoms. The maximum absolute atomic E-state index is 12.1. The van der Waals surface area contributed by atoms with E-state index in [1.54, 1.807) is 11.8 Å². The summed E-state index contributed by atoms with van der Waals surface area (Å²) in [7, 11) is 0. The fraction of sp³-hybridized carbons (Fsp3) is 0.222. The van der Waals surface area contributed by atoms with Gasteiger partial charge < -0.3 is 5.32 Å². The molecule has 5 heteroatoms. The summed E-state index contributed by atoms with van der Waals surface area (Å²) in [5, 5.41) is 3.03. The van der Waals surface area contributed by atoms with Crippen LogP contribution in [0.15, 0.2) is 59.6 Å². The van der Waals surface area contributed by atoms with Crippen molar-refractivity contribution in [2.24, 2.45) is 4.99 Å². The van der Waals surface area contributed by atoms with Crippen LogP contribution in [-0.4, -0.2) is 16.0 Å². The second-order valence-electron chi connectivity index (χ2n) is 5.28. The van der Waals surface area contributed by atoms with Crippen LogP contribution >= 0.6 is 23.5 Å². The Morgan fingerprint density at radius 2 is 1.96 bits per heavy atom. The van der Waals surface area contributed by atoms with Crippen molar-refractivity contribution in [3.8, 4) is 0 Å². The molecule has 1 aliphatic heterocycles. The number of amides is 1. The molecule has 1 amide bonds. The first-order valence-electron chi connectivity index (χ1n) is 7.49. The van der Waals surface area contributed by atoms with Crippen molar-refractivity contribution in [3.63, 3.8) is 0 Å². The Labute approximate surface area is 145 Å². The number of nitrogens with zero attached hydrogens (tertiary/aromatic N) is 1. The van der Waals surface area contributed by atoms with E-state index in [4.69, 9.17) is 0 Å². The van der Waals surface area contributed by atoms with E-state index in [-0.39, 0.29) is 11.9 Å². The Hall–Kier alpha value is -1.72. The lowest BCUT2D eigenvalue weighted by molar-refractivity contribution is -0.119. The third-order valence-corrected chi connectivity index (χ3v) is 5.80. The average molecular weight is 342 g/mol. The molecular weight excluding hydrogens is 324 g/mol. The number of benzene rings is 2. The number of carbonyl (C=O) groups is 1. The van der Waals surface area contributed by atoms with E-state index in [9.17, 15) is 4.79 Å². The number of hydrogen-bond acceptors (Lipinski definition) is 4. The minimum atomic E-state index is 0.0194. The molecular formula is C18H18N2OS2. The van der Waals surface area contributed by atoms with Crippen LogP contribution in [0.1, 0.15) is 24.1 Å². The summed E-state index contributed by atoms with van der Waals surface area (Å²) in [6.45, 7) is 2.00. The van der Waals surface area contributed by atoms with E-state index < -0.39 is 0 Å². The molecule has 0 saturated carbocycles. The van der Waals surface area contributed by atoms with Gasteiger partial charge in [-0.1, -0.05) is 72.1 Å². The molecule has 0 bridgehead atoms. The predicted molar refractivity (Wildman–Crippen MR) is 100 cm³/mol. The first-order valence-corrected chi connectivity index (χ1v) is 9.46. The number of aliphatic imine (C=N–C) groups is 1. The molecule has 2 aromatic carbocycles. The second-order valence-corrected chi connectivity index (χ2v) is 7.47. The van der Waals surface area contributed by atoms with Gasteiger partial charge in [-0.05, 0) is 24.1 Å². The van der Waals surface area contributed by atoms with Crippen molar-refractivity contribution in [1.82, 2.24) is 5.32 Å². The van der Waals surface area contributed by atoms with Gasteiger partial charge in [0.1, 0.15) is 4.38 Å². The zero-order valence-corrected chi connectivity index (χ0v) is 14.5. The Kier molecular flexibility index (Phi) is 5.41. The monoisotopic (exact) mass is 342 g/mol. The fourth-order valence-corrected chi connectivity index (χ4v) is 4.20. The summed E-state index contributed by atoms with van der Waals surface area (Å²) in [6, 6.07) is 18.2. The number of fused-ring (bicyclic) bond motifs is 1. The van der Waals surface area contributed by atoms with Crippen LogP contribution in [0.5, 0.6) is 0 Å². The highest BCUT2D eigenvalue weighted by molar-refractivity contribution is 8.38. The van der Waals surface area contributed by atoms with E-state index in [2.05, 4.69) is 16.4 Å². The van der Waals surface area contributed by atoms with Crippen LogP contribution in [0.25, 0.3) is 0 Å².